The number of rotatable bonds is 5. The molecule has 0 saturated carbocycles. The Bertz CT molecular complexity index is 544. The molecule has 0 N–H and O–H groups in total. The highest BCUT2D eigenvalue weighted by Crippen LogP contribution is 2.24. The van der Waals surface area contributed by atoms with Gasteiger partial charge in [0.05, 0.1) is 5.02 Å². The third-order valence-corrected chi connectivity index (χ3v) is 6.01. The number of hydrogen-bond donors (Lipinski definition) is 0. The van der Waals surface area contributed by atoms with Crippen molar-refractivity contribution in [1.29, 1.82) is 0 Å². The Kier molecular flexibility index (Phi) is 7.44. The van der Waals surface area contributed by atoms with Crippen molar-refractivity contribution < 1.29 is 8.42 Å². The third-order valence-electron chi connectivity index (χ3n) is 3.61. The summed E-state index contributed by atoms with van der Waals surface area (Å²) in [7, 11) is -3.46. The lowest BCUT2D eigenvalue weighted by Crippen LogP contribution is -2.48. The van der Waals surface area contributed by atoms with E-state index in [2.05, 4.69) is 11.8 Å². The summed E-state index contributed by atoms with van der Waals surface area (Å²) in [6.45, 7) is 5.89. The monoisotopic (exact) mass is 352 g/mol. The van der Waals surface area contributed by atoms with Gasteiger partial charge in [-0.3, -0.25) is 0 Å². The molecule has 0 atom stereocenters. The molecular formula is C14H22Cl2N2O2S. The largest absolute Gasteiger partial charge is 0.301 e. The van der Waals surface area contributed by atoms with Crippen LogP contribution in [0.15, 0.2) is 29.2 Å². The zero-order valence-electron chi connectivity index (χ0n) is 12.2. The van der Waals surface area contributed by atoms with E-state index in [9.17, 15) is 8.42 Å². The molecule has 0 unspecified atom stereocenters. The maximum Gasteiger partial charge on any atom is 0.244 e. The van der Waals surface area contributed by atoms with Gasteiger partial charge in [0.1, 0.15) is 4.90 Å². The molecule has 1 aromatic rings. The molecule has 1 heterocycles. The van der Waals surface area contributed by atoms with Crippen molar-refractivity contribution in [3.63, 3.8) is 0 Å². The molecule has 0 aromatic heterocycles. The molecule has 0 aliphatic carbocycles. The van der Waals surface area contributed by atoms with Crippen LogP contribution in [-0.2, 0) is 10.0 Å². The minimum absolute atomic E-state index is 0. The van der Waals surface area contributed by atoms with Gasteiger partial charge in [-0.1, -0.05) is 37.1 Å². The van der Waals surface area contributed by atoms with Crippen LogP contribution >= 0.6 is 24.0 Å². The molecule has 0 spiro atoms. The predicted octanol–water partition coefficient (Wildman–Crippen LogP) is 2.87. The molecule has 1 fully saturated rings. The first-order valence-electron chi connectivity index (χ1n) is 7.02. The summed E-state index contributed by atoms with van der Waals surface area (Å²) in [5, 5.41) is 0.293. The lowest BCUT2D eigenvalue weighted by Gasteiger charge is -2.34. The van der Waals surface area contributed by atoms with Crippen LogP contribution < -0.4 is 0 Å². The summed E-state index contributed by atoms with van der Waals surface area (Å²) in [5.74, 6) is 0. The van der Waals surface area contributed by atoms with E-state index in [0.717, 1.165) is 32.5 Å². The fourth-order valence-corrected chi connectivity index (χ4v) is 4.28. The summed E-state index contributed by atoms with van der Waals surface area (Å²) in [5.41, 5.74) is 0. The molecule has 0 radical (unpaired) electrons. The van der Waals surface area contributed by atoms with Crippen LogP contribution in [0.3, 0.4) is 0 Å². The topological polar surface area (TPSA) is 40.6 Å². The summed E-state index contributed by atoms with van der Waals surface area (Å²) in [6.07, 6.45) is 2.33. The quantitative estimate of drug-likeness (QED) is 0.817. The minimum atomic E-state index is -3.46. The molecular weight excluding hydrogens is 331 g/mol. The number of piperazine rings is 1. The molecule has 1 aliphatic heterocycles. The Balaban J connectivity index is 0.00000220. The van der Waals surface area contributed by atoms with E-state index in [1.165, 1.54) is 4.31 Å². The van der Waals surface area contributed by atoms with Crippen molar-refractivity contribution in [2.24, 2.45) is 0 Å². The van der Waals surface area contributed by atoms with Gasteiger partial charge in [0.15, 0.2) is 0 Å². The highest BCUT2D eigenvalue weighted by atomic mass is 35.5. The van der Waals surface area contributed by atoms with E-state index in [4.69, 9.17) is 11.6 Å². The Morgan fingerprint density at radius 1 is 1.14 bits per heavy atom. The van der Waals surface area contributed by atoms with E-state index in [0.29, 0.717) is 18.1 Å². The number of benzene rings is 1. The summed E-state index contributed by atoms with van der Waals surface area (Å²) < 4.78 is 26.6. The molecule has 7 heteroatoms. The van der Waals surface area contributed by atoms with Crippen LogP contribution in [0.2, 0.25) is 5.02 Å². The Labute approximate surface area is 138 Å². The van der Waals surface area contributed by atoms with Crippen LogP contribution in [0.4, 0.5) is 0 Å². The maximum absolute atomic E-state index is 12.6. The van der Waals surface area contributed by atoms with E-state index < -0.39 is 10.0 Å². The molecule has 0 bridgehead atoms. The number of sulfonamides is 1. The van der Waals surface area contributed by atoms with E-state index in [-0.39, 0.29) is 17.3 Å². The Morgan fingerprint density at radius 3 is 2.33 bits per heavy atom. The van der Waals surface area contributed by atoms with Gasteiger partial charge in [0, 0.05) is 26.2 Å². The van der Waals surface area contributed by atoms with Gasteiger partial charge < -0.3 is 4.90 Å². The summed E-state index contributed by atoms with van der Waals surface area (Å²) in [4.78, 5) is 2.53. The first-order chi connectivity index (χ1) is 9.55. The van der Waals surface area contributed by atoms with Gasteiger partial charge >= 0.3 is 0 Å². The van der Waals surface area contributed by atoms with Gasteiger partial charge in [0.2, 0.25) is 10.0 Å². The Hall–Kier alpha value is -0.330. The second-order valence-electron chi connectivity index (χ2n) is 5.03. The summed E-state index contributed by atoms with van der Waals surface area (Å²) in [6, 6.07) is 6.63. The zero-order chi connectivity index (χ0) is 14.6. The van der Waals surface area contributed by atoms with E-state index in [1.807, 2.05) is 0 Å². The second-order valence-corrected chi connectivity index (χ2v) is 7.34. The van der Waals surface area contributed by atoms with Crippen LogP contribution in [0, 0.1) is 0 Å². The fraction of sp³-hybridized carbons (Fsp3) is 0.571. The summed E-state index contributed by atoms with van der Waals surface area (Å²) >= 11 is 6.01. The number of halogens is 2. The van der Waals surface area contributed by atoms with Crippen LogP contribution in [0.25, 0.3) is 0 Å². The van der Waals surface area contributed by atoms with Gasteiger partial charge in [-0.25, -0.2) is 8.42 Å². The second kappa shape index (κ2) is 8.34. The lowest BCUT2D eigenvalue weighted by atomic mass is 10.3. The molecule has 4 nitrogen and oxygen atoms in total. The average Bonchev–Trinajstić information content (AvgIpc) is 2.46. The molecule has 1 aromatic carbocycles. The molecule has 1 aliphatic rings. The highest BCUT2D eigenvalue weighted by molar-refractivity contribution is 7.89. The van der Waals surface area contributed by atoms with Crippen LogP contribution in [0.1, 0.15) is 19.8 Å². The van der Waals surface area contributed by atoms with Gasteiger partial charge in [-0.2, -0.15) is 4.31 Å². The standard InChI is InChI=1S/C14H21ClN2O2S.ClH/c1-2-3-8-16-9-11-17(12-10-16)20(18,19)14-7-5-4-6-13(14)15;/h4-7H,2-3,8-12H2,1H3;1H. The van der Waals surface area contributed by atoms with Crippen molar-refractivity contribution in [2.45, 2.75) is 24.7 Å². The smallest absolute Gasteiger partial charge is 0.244 e. The van der Waals surface area contributed by atoms with Crippen molar-refractivity contribution in [3.05, 3.63) is 29.3 Å². The third kappa shape index (κ3) is 4.57. The van der Waals surface area contributed by atoms with Gasteiger partial charge in [0.25, 0.3) is 0 Å². The SMILES string of the molecule is CCCCN1CCN(S(=O)(=O)c2ccccc2Cl)CC1.Cl. The van der Waals surface area contributed by atoms with Crippen molar-refractivity contribution in [1.82, 2.24) is 9.21 Å². The van der Waals surface area contributed by atoms with E-state index >= 15 is 0 Å². The van der Waals surface area contributed by atoms with E-state index in [1.54, 1.807) is 24.3 Å². The van der Waals surface area contributed by atoms with Crippen LogP contribution in [0.5, 0.6) is 0 Å². The lowest BCUT2D eigenvalue weighted by molar-refractivity contribution is 0.186. The predicted molar refractivity (Wildman–Crippen MR) is 88.8 cm³/mol. The first-order valence-corrected chi connectivity index (χ1v) is 8.84. The zero-order valence-corrected chi connectivity index (χ0v) is 14.6. The van der Waals surface area contributed by atoms with Crippen molar-refractivity contribution in [3.8, 4) is 0 Å². The number of hydrogen-bond acceptors (Lipinski definition) is 3. The minimum Gasteiger partial charge on any atom is -0.301 e. The van der Waals surface area contributed by atoms with Crippen LogP contribution in [-0.4, -0.2) is 50.3 Å². The van der Waals surface area contributed by atoms with Gasteiger partial charge in [-0.15, -0.1) is 12.4 Å². The molecule has 1 saturated heterocycles. The first kappa shape index (κ1) is 18.7. The number of nitrogens with zero attached hydrogens (tertiary/aromatic N) is 2. The molecule has 120 valence electrons. The Morgan fingerprint density at radius 2 is 1.76 bits per heavy atom. The molecule has 21 heavy (non-hydrogen) atoms. The normalized spacial score (nSPS) is 17.4. The van der Waals surface area contributed by atoms with Crippen molar-refractivity contribution in [2.75, 3.05) is 32.7 Å². The van der Waals surface area contributed by atoms with Gasteiger partial charge in [-0.05, 0) is 25.1 Å². The number of unbranched alkanes of at least 4 members (excludes halogenated alkanes) is 1. The highest BCUT2D eigenvalue weighted by Gasteiger charge is 2.29. The van der Waals surface area contributed by atoms with Crippen molar-refractivity contribution >= 4 is 34.0 Å². The maximum atomic E-state index is 12.6. The molecule has 0 amide bonds. The fourth-order valence-electron chi connectivity index (χ4n) is 2.37. The molecule has 2 rings (SSSR count). The average molecular weight is 353 g/mol.